The molecule has 1 amide bonds. The van der Waals surface area contributed by atoms with Crippen molar-refractivity contribution in [3.63, 3.8) is 0 Å². The molecule has 1 aromatic carbocycles. The number of amides is 1. The van der Waals surface area contributed by atoms with Crippen LogP contribution in [0, 0.1) is 12.8 Å². The van der Waals surface area contributed by atoms with Crippen molar-refractivity contribution in [1.29, 1.82) is 0 Å². The third-order valence-electron chi connectivity index (χ3n) is 4.77. The van der Waals surface area contributed by atoms with Crippen LogP contribution in [0.2, 0.25) is 0 Å². The number of carbonyl (C=O) groups excluding carboxylic acids is 1. The molecule has 1 aliphatic rings. The van der Waals surface area contributed by atoms with Gasteiger partial charge in [-0.1, -0.05) is 43.7 Å². The Labute approximate surface area is 141 Å². The van der Waals surface area contributed by atoms with Crippen molar-refractivity contribution in [1.82, 2.24) is 10.2 Å². The van der Waals surface area contributed by atoms with Gasteiger partial charge in [0.1, 0.15) is 0 Å². The summed E-state index contributed by atoms with van der Waals surface area (Å²) in [5, 5.41) is 3.75. The number of aryl methyl sites for hydroxylation is 2. The zero-order valence-electron chi connectivity index (χ0n) is 15.1. The monoisotopic (exact) mass is 316 g/mol. The Morgan fingerprint density at radius 1 is 1.26 bits per heavy atom. The third kappa shape index (κ3) is 5.65. The van der Waals surface area contributed by atoms with Crippen molar-refractivity contribution < 1.29 is 4.79 Å². The van der Waals surface area contributed by atoms with Gasteiger partial charge in [0.05, 0.1) is 0 Å². The van der Waals surface area contributed by atoms with Crippen LogP contribution in [0.25, 0.3) is 0 Å². The Bertz CT molecular complexity index is 504. The van der Waals surface area contributed by atoms with Crippen LogP contribution < -0.4 is 5.32 Å². The van der Waals surface area contributed by atoms with Crippen LogP contribution in [-0.4, -0.2) is 36.0 Å². The maximum absolute atomic E-state index is 12.0. The van der Waals surface area contributed by atoms with Gasteiger partial charge in [0.25, 0.3) is 0 Å². The van der Waals surface area contributed by atoms with E-state index in [1.165, 1.54) is 11.1 Å². The molecule has 3 heteroatoms. The molecule has 1 aromatic rings. The number of benzene rings is 1. The molecular formula is C20H32N2O. The predicted octanol–water partition coefficient (Wildman–Crippen LogP) is 3.55. The molecule has 0 saturated carbocycles. The Morgan fingerprint density at radius 2 is 1.96 bits per heavy atom. The van der Waals surface area contributed by atoms with Gasteiger partial charge in [0.2, 0.25) is 5.91 Å². The van der Waals surface area contributed by atoms with Crippen molar-refractivity contribution in [3.8, 4) is 0 Å². The van der Waals surface area contributed by atoms with Gasteiger partial charge in [-0.2, -0.15) is 0 Å². The van der Waals surface area contributed by atoms with E-state index in [0.717, 1.165) is 38.8 Å². The van der Waals surface area contributed by atoms with E-state index in [1.54, 1.807) is 0 Å². The molecular weight excluding hydrogens is 284 g/mol. The summed E-state index contributed by atoms with van der Waals surface area (Å²) >= 11 is 0. The number of nitrogens with zero attached hydrogens (tertiary/aromatic N) is 1. The maximum Gasteiger partial charge on any atom is 0.225 e. The molecule has 1 aliphatic heterocycles. The third-order valence-corrected chi connectivity index (χ3v) is 4.77. The average molecular weight is 316 g/mol. The zero-order valence-corrected chi connectivity index (χ0v) is 15.1. The van der Waals surface area contributed by atoms with Gasteiger partial charge < -0.3 is 10.2 Å². The summed E-state index contributed by atoms with van der Waals surface area (Å²) in [5.41, 5.74) is 2.77. The summed E-state index contributed by atoms with van der Waals surface area (Å²) in [7, 11) is 0. The van der Waals surface area contributed by atoms with Crippen LogP contribution in [0.5, 0.6) is 0 Å². The van der Waals surface area contributed by atoms with Gasteiger partial charge in [-0.15, -0.1) is 0 Å². The highest BCUT2D eigenvalue weighted by atomic mass is 16.2. The normalized spacial score (nSPS) is 17.5. The molecule has 128 valence electrons. The number of carbonyl (C=O) groups is 1. The lowest BCUT2D eigenvalue weighted by Crippen LogP contribution is -2.48. The zero-order chi connectivity index (χ0) is 16.8. The average Bonchev–Trinajstić information content (AvgIpc) is 2.53. The summed E-state index contributed by atoms with van der Waals surface area (Å²) in [4.78, 5) is 14.0. The van der Waals surface area contributed by atoms with Crippen LogP contribution in [0.3, 0.4) is 0 Å². The molecule has 0 bridgehead atoms. The standard InChI is InChI=1S/C20H32N2O/c1-15(2)20(23)22-12-10-19(11-13-22)21-17(4)8-9-18-7-5-6-16(3)14-18/h5-7,14-15,17,19,21H,8-13H2,1-4H3. The second kappa shape index (κ2) is 8.49. The predicted molar refractivity (Wildman–Crippen MR) is 96.5 cm³/mol. The summed E-state index contributed by atoms with van der Waals surface area (Å²) in [6.07, 6.45) is 4.44. The Kier molecular flexibility index (Phi) is 6.64. The van der Waals surface area contributed by atoms with Crippen molar-refractivity contribution in [2.45, 2.75) is 65.5 Å². The highest BCUT2D eigenvalue weighted by Gasteiger charge is 2.24. The first-order valence-electron chi connectivity index (χ1n) is 9.06. The van der Waals surface area contributed by atoms with Crippen LogP contribution in [-0.2, 0) is 11.2 Å². The highest BCUT2D eigenvalue weighted by Crippen LogP contribution is 2.15. The lowest BCUT2D eigenvalue weighted by Gasteiger charge is -2.35. The van der Waals surface area contributed by atoms with E-state index < -0.39 is 0 Å². The van der Waals surface area contributed by atoms with E-state index >= 15 is 0 Å². The summed E-state index contributed by atoms with van der Waals surface area (Å²) < 4.78 is 0. The second-order valence-electron chi connectivity index (χ2n) is 7.35. The first-order valence-corrected chi connectivity index (χ1v) is 9.06. The van der Waals surface area contributed by atoms with Crippen molar-refractivity contribution in [2.75, 3.05) is 13.1 Å². The fourth-order valence-electron chi connectivity index (χ4n) is 3.37. The molecule has 3 nitrogen and oxygen atoms in total. The Morgan fingerprint density at radius 3 is 2.57 bits per heavy atom. The fraction of sp³-hybridized carbons (Fsp3) is 0.650. The minimum atomic E-state index is 0.118. The van der Waals surface area contributed by atoms with Gasteiger partial charge in [0.15, 0.2) is 0 Å². The molecule has 1 fully saturated rings. The largest absolute Gasteiger partial charge is 0.342 e. The van der Waals surface area contributed by atoms with E-state index in [1.807, 2.05) is 18.7 Å². The number of nitrogens with one attached hydrogen (secondary N) is 1. The lowest BCUT2D eigenvalue weighted by molar-refractivity contribution is -0.135. The Balaban J connectivity index is 1.70. The van der Waals surface area contributed by atoms with E-state index in [9.17, 15) is 4.79 Å². The topological polar surface area (TPSA) is 32.3 Å². The number of hydrogen-bond acceptors (Lipinski definition) is 2. The summed E-state index contributed by atoms with van der Waals surface area (Å²) in [6.45, 7) is 10.2. The fourth-order valence-corrected chi connectivity index (χ4v) is 3.37. The minimum Gasteiger partial charge on any atom is -0.342 e. The SMILES string of the molecule is Cc1cccc(CCC(C)NC2CCN(C(=O)C(C)C)CC2)c1. The van der Waals surface area contributed by atoms with Crippen LogP contribution in [0.4, 0.5) is 0 Å². The van der Waals surface area contributed by atoms with Gasteiger partial charge in [0, 0.05) is 31.1 Å². The number of rotatable bonds is 6. The molecule has 1 N–H and O–H groups in total. The number of hydrogen-bond donors (Lipinski definition) is 1. The molecule has 1 saturated heterocycles. The molecule has 0 aliphatic carbocycles. The minimum absolute atomic E-state index is 0.118. The summed E-state index contributed by atoms with van der Waals surface area (Å²) in [6, 6.07) is 9.87. The highest BCUT2D eigenvalue weighted by molar-refractivity contribution is 5.78. The van der Waals surface area contributed by atoms with E-state index in [2.05, 4.69) is 43.4 Å². The number of likely N-dealkylation sites (tertiary alicyclic amines) is 1. The molecule has 23 heavy (non-hydrogen) atoms. The summed E-state index contributed by atoms with van der Waals surface area (Å²) in [5.74, 6) is 0.420. The van der Waals surface area contributed by atoms with Gasteiger partial charge in [-0.3, -0.25) is 4.79 Å². The molecule has 1 heterocycles. The molecule has 1 atom stereocenters. The molecule has 1 unspecified atom stereocenters. The quantitative estimate of drug-likeness (QED) is 0.870. The van der Waals surface area contributed by atoms with Crippen LogP contribution in [0.15, 0.2) is 24.3 Å². The van der Waals surface area contributed by atoms with E-state index in [4.69, 9.17) is 0 Å². The molecule has 0 radical (unpaired) electrons. The van der Waals surface area contributed by atoms with Crippen molar-refractivity contribution >= 4 is 5.91 Å². The van der Waals surface area contributed by atoms with Gasteiger partial charge >= 0.3 is 0 Å². The Hall–Kier alpha value is -1.35. The smallest absolute Gasteiger partial charge is 0.225 e. The van der Waals surface area contributed by atoms with E-state index in [0.29, 0.717) is 18.0 Å². The van der Waals surface area contributed by atoms with Gasteiger partial charge in [-0.05, 0) is 45.1 Å². The first kappa shape index (κ1) is 18.0. The molecule has 2 rings (SSSR count). The van der Waals surface area contributed by atoms with Crippen molar-refractivity contribution in [3.05, 3.63) is 35.4 Å². The molecule has 0 spiro atoms. The lowest BCUT2D eigenvalue weighted by atomic mass is 10.00. The maximum atomic E-state index is 12.0. The van der Waals surface area contributed by atoms with E-state index in [-0.39, 0.29) is 5.92 Å². The van der Waals surface area contributed by atoms with Crippen LogP contribution in [0.1, 0.15) is 51.2 Å². The first-order chi connectivity index (χ1) is 11.0. The van der Waals surface area contributed by atoms with Crippen molar-refractivity contribution in [2.24, 2.45) is 5.92 Å². The molecule has 0 aromatic heterocycles. The second-order valence-corrected chi connectivity index (χ2v) is 7.35. The number of piperidine rings is 1. The van der Waals surface area contributed by atoms with Gasteiger partial charge in [-0.25, -0.2) is 0 Å². The van der Waals surface area contributed by atoms with Crippen LogP contribution >= 0.6 is 0 Å².